The highest BCUT2D eigenvalue weighted by Crippen LogP contribution is 2.52. The molecular weight excluding hydrogens is 322 g/mol. The second kappa shape index (κ2) is 5.09. The van der Waals surface area contributed by atoms with E-state index in [4.69, 9.17) is 4.74 Å². The van der Waals surface area contributed by atoms with Gasteiger partial charge in [0.1, 0.15) is 5.60 Å². The van der Waals surface area contributed by atoms with Gasteiger partial charge in [-0.15, -0.1) is 11.3 Å². The fourth-order valence-corrected chi connectivity index (χ4v) is 4.11. The molecule has 1 saturated heterocycles. The van der Waals surface area contributed by atoms with E-state index in [0.717, 1.165) is 34.0 Å². The molecule has 1 amide bonds. The molecule has 0 radical (unpaired) electrons. The van der Waals surface area contributed by atoms with Gasteiger partial charge in [-0.25, -0.2) is 14.8 Å². The molecule has 2 heterocycles. The number of ether oxygens (including phenoxy) is 1. The highest BCUT2D eigenvalue weighted by molar-refractivity contribution is 7.18. The predicted molar refractivity (Wildman–Crippen MR) is 96.3 cm³/mol. The smallest absolute Gasteiger partial charge is 0.429 e. The maximum absolute atomic E-state index is 12.7. The summed E-state index contributed by atoms with van der Waals surface area (Å²) in [5.41, 5.74) is 1.84. The minimum Gasteiger partial charge on any atom is -0.442 e. The number of amides is 1. The number of carbonyl (C=O) groups excluding carboxylic acids is 1. The maximum Gasteiger partial charge on any atom is 0.429 e. The molecule has 1 aromatic heterocycles. The van der Waals surface area contributed by atoms with Gasteiger partial charge < -0.3 is 4.74 Å². The standard InChI is InChI=1S/C18H23N3O2S/c1-12-19-14-6-5-13(9-15(14)24-12)20-10-18(7-8-18)11-21(20)16(22)23-17(2,3)4/h5-6,9H,7-8,10-11H2,1-4H3. The molecule has 1 aromatic carbocycles. The Morgan fingerprint density at radius 3 is 2.71 bits per heavy atom. The number of thiazole rings is 1. The van der Waals surface area contributed by atoms with Crippen molar-refractivity contribution in [3.05, 3.63) is 23.2 Å². The first-order chi connectivity index (χ1) is 11.2. The topological polar surface area (TPSA) is 45.7 Å². The number of nitrogens with zero attached hydrogens (tertiary/aromatic N) is 3. The third-order valence-electron chi connectivity index (χ3n) is 4.60. The highest BCUT2D eigenvalue weighted by atomic mass is 32.1. The summed E-state index contributed by atoms with van der Waals surface area (Å²) >= 11 is 1.69. The highest BCUT2D eigenvalue weighted by Gasteiger charge is 2.53. The zero-order valence-electron chi connectivity index (χ0n) is 14.6. The first-order valence-corrected chi connectivity index (χ1v) is 9.22. The first-order valence-electron chi connectivity index (χ1n) is 8.40. The Bertz CT molecular complexity index is 804. The summed E-state index contributed by atoms with van der Waals surface area (Å²) in [6.45, 7) is 9.38. The van der Waals surface area contributed by atoms with Gasteiger partial charge in [0.2, 0.25) is 0 Å². The second-order valence-corrected chi connectivity index (χ2v) is 9.22. The Morgan fingerprint density at radius 2 is 2.04 bits per heavy atom. The van der Waals surface area contributed by atoms with E-state index >= 15 is 0 Å². The molecule has 2 aromatic rings. The third-order valence-corrected chi connectivity index (χ3v) is 5.53. The monoisotopic (exact) mass is 345 g/mol. The molecule has 24 heavy (non-hydrogen) atoms. The molecule has 2 aliphatic rings. The molecule has 2 fully saturated rings. The predicted octanol–water partition coefficient (Wildman–Crippen LogP) is 4.36. The number of benzene rings is 1. The van der Waals surface area contributed by atoms with Crippen molar-refractivity contribution in [2.75, 3.05) is 18.1 Å². The Labute approximate surface area is 146 Å². The van der Waals surface area contributed by atoms with Crippen LogP contribution in [0.15, 0.2) is 18.2 Å². The Kier molecular flexibility index (Phi) is 3.33. The van der Waals surface area contributed by atoms with E-state index in [1.807, 2.05) is 33.8 Å². The molecule has 4 rings (SSSR count). The van der Waals surface area contributed by atoms with Crippen LogP contribution in [-0.4, -0.2) is 34.8 Å². The van der Waals surface area contributed by atoms with Gasteiger partial charge in [0.05, 0.1) is 27.5 Å². The lowest BCUT2D eigenvalue weighted by Crippen LogP contribution is -2.44. The van der Waals surface area contributed by atoms with Gasteiger partial charge in [0.25, 0.3) is 0 Å². The lowest BCUT2D eigenvalue weighted by molar-refractivity contribution is 0.0264. The summed E-state index contributed by atoms with van der Waals surface area (Å²) in [5, 5.41) is 4.94. The number of hydrogen-bond donors (Lipinski definition) is 0. The quantitative estimate of drug-likeness (QED) is 0.770. The number of fused-ring (bicyclic) bond motifs is 1. The Morgan fingerprint density at radius 1 is 1.29 bits per heavy atom. The summed E-state index contributed by atoms with van der Waals surface area (Å²) in [6.07, 6.45) is 2.11. The normalized spacial score (nSPS) is 19.3. The van der Waals surface area contributed by atoms with Crippen molar-refractivity contribution in [1.29, 1.82) is 0 Å². The number of hydrogen-bond acceptors (Lipinski definition) is 5. The molecule has 0 N–H and O–H groups in total. The van der Waals surface area contributed by atoms with Gasteiger partial charge in [0.15, 0.2) is 0 Å². The Hall–Kier alpha value is -1.82. The molecule has 1 spiro atoms. The average Bonchev–Trinajstić information content (AvgIpc) is 2.94. The van der Waals surface area contributed by atoms with Crippen LogP contribution in [0.2, 0.25) is 0 Å². The van der Waals surface area contributed by atoms with Crippen LogP contribution < -0.4 is 5.01 Å². The first kappa shape index (κ1) is 15.7. The molecule has 0 atom stereocenters. The number of anilines is 1. The average molecular weight is 345 g/mol. The molecule has 1 aliphatic heterocycles. The van der Waals surface area contributed by atoms with Gasteiger partial charge in [-0.3, -0.25) is 5.01 Å². The molecule has 6 heteroatoms. The zero-order chi connectivity index (χ0) is 17.1. The Balaban J connectivity index is 1.66. The summed E-state index contributed by atoms with van der Waals surface area (Å²) in [7, 11) is 0. The number of carbonyl (C=O) groups is 1. The van der Waals surface area contributed by atoms with Crippen molar-refractivity contribution in [2.45, 2.75) is 46.1 Å². The molecule has 5 nitrogen and oxygen atoms in total. The third kappa shape index (κ3) is 2.83. The van der Waals surface area contributed by atoms with Gasteiger partial charge in [-0.05, 0) is 58.7 Å². The van der Waals surface area contributed by atoms with Crippen LogP contribution in [-0.2, 0) is 4.74 Å². The van der Waals surface area contributed by atoms with E-state index in [0.29, 0.717) is 0 Å². The minimum absolute atomic E-state index is 0.258. The van der Waals surface area contributed by atoms with Crippen molar-refractivity contribution in [2.24, 2.45) is 5.41 Å². The number of aromatic nitrogens is 1. The number of rotatable bonds is 1. The molecule has 1 aliphatic carbocycles. The van der Waals surface area contributed by atoms with Crippen LogP contribution in [0.3, 0.4) is 0 Å². The van der Waals surface area contributed by atoms with E-state index in [2.05, 4.69) is 22.1 Å². The van der Waals surface area contributed by atoms with E-state index < -0.39 is 5.60 Å². The molecule has 0 unspecified atom stereocenters. The molecule has 128 valence electrons. The largest absolute Gasteiger partial charge is 0.442 e. The van der Waals surface area contributed by atoms with Crippen LogP contribution in [0.5, 0.6) is 0 Å². The fraction of sp³-hybridized carbons (Fsp3) is 0.556. The summed E-state index contributed by atoms with van der Waals surface area (Å²) < 4.78 is 6.78. The van der Waals surface area contributed by atoms with Crippen LogP contribution in [0, 0.1) is 12.3 Å². The van der Waals surface area contributed by atoms with E-state index in [1.165, 1.54) is 12.8 Å². The van der Waals surface area contributed by atoms with Crippen LogP contribution in [0.1, 0.15) is 38.6 Å². The van der Waals surface area contributed by atoms with Crippen molar-refractivity contribution < 1.29 is 9.53 Å². The lowest BCUT2D eigenvalue weighted by Gasteiger charge is -2.31. The van der Waals surface area contributed by atoms with E-state index in [9.17, 15) is 4.79 Å². The van der Waals surface area contributed by atoms with Crippen molar-refractivity contribution in [3.63, 3.8) is 0 Å². The van der Waals surface area contributed by atoms with Crippen molar-refractivity contribution >= 4 is 33.3 Å². The van der Waals surface area contributed by atoms with Gasteiger partial charge in [-0.2, -0.15) is 0 Å². The van der Waals surface area contributed by atoms with Crippen LogP contribution >= 0.6 is 11.3 Å². The summed E-state index contributed by atoms with van der Waals surface area (Å²) in [5.74, 6) is 0. The second-order valence-electron chi connectivity index (χ2n) is 7.98. The molecule has 1 saturated carbocycles. The fourth-order valence-electron chi connectivity index (χ4n) is 3.25. The summed E-state index contributed by atoms with van der Waals surface area (Å²) in [4.78, 5) is 17.2. The van der Waals surface area contributed by atoms with Gasteiger partial charge in [-0.1, -0.05) is 0 Å². The molecular formula is C18H23N3O2S. The van der Waals surface area contributed by atoms with Gasteiger partial charge in [0, 0.05) is 12.0 Å². The van der Waals surface area contributed by atoms with E-state index in [-0.39, 0.29) is 11.5 Å². The SMILES string of the molecule is Cc1nc2ccc(N3CC4(CC4)CN3C(=O)OC(C)(C)C)cc2s1. The number of aryl methyl sites for hydroxylation is 1. The zero-order valence-corrected chi connectivity index (χ0v) is 15.4. The lowest BCUT2D eigenvalue weighted by atomic mass is 10.1. The van der Waals surface area contributed by atoms with Gasteiger partial charge >= 0.3 is 6.09 Å². The van der Waals surface area contributed by atoms with E-state index in [1.54, 1.807) is 16.3 Å². The maximum atomic E-state index is 12.7. The van der Waals surface area contributed by atoms with Crippen molar-refractivity contribution in [1.82, 2.24) is 9.99 Å². The minimum atomic E-state index is -0.485. The van der Waals surface area contributed by atoms with Crippen LogP contribution in [0.25, 0.3) is 10.2 Å². The van der Waals surface area contributed by atoms with Crippen LogP contribution in [0.4, 0.5) is 10.5 Å². The van der Waals surface area contributed by atoms with Crippen molar-refractivity contribution in [3.8, 4) is 0 Å². The summed E-state index contributed by atoms with van der Waals surface area (Å²) in [6, 6.07) is 6.23. The number of hydrazine groups is 1. The molecule has 0 bridgehead atoms.